The Balaban J connectivity index is 1.79. The molecule has 0 bridgehead atoms. The quantitative estimate of drug-likeness (QED) is 0.467. The fourth-order valence-electron chi connectivity index (χ4n) is 3.20. The third-order valence-electron chi connectivity index (χ3n) is 4.57. The first kappa shape index (κ1) is 22.9. The summed E-state index contributed by atoms with van der Waals surface area (Å²) < 4.78 is 34.4. The van der Waals surface area contributed by atoms with Gasteiger partial charge >= 0.3 is 0 Å². The van der Waals surface area contributed by atoms with Crippen LogP contribution in [0.3, 0.4) is 0 Å². The van der Waals surface area contributed by atoms with E-state index in [2.05, 4.69) is 15.0 Å². The van der Waals surface area contributed by atoms with Crippen LogP contribution in [0.15, 0.2) is 53.4 Å². The first-order valence-corrected chi connectivity index (χ1v) is 11.8. The third kappa shape index (κ3) is 5.69. The zero-order chi connectivity index (χ0) is 22.4. The molecule has 8 nitrogen and oxygen atoms in total. The molecule has 3 aromatic rings. The minimum atomic E-state index is -3.61. The summed E-state index contributed by atoms with van der Waals surface area (Å²) in [4.78, 5) is 17.5. The lowest BCUT2D eigenvalue weighted by Crippen LogP contribution is -2.30. The molecule has 2 N–H and O–H groups in total. The predicted octanol–water partition coefficient (Wildman–Crippen LogP) is 3.40. The molecule has 0 fully saturated rings. The van der Waals surface area contributed by atoms with Crippen LogP contribution in [0, 0.1) is 0 Å². The van der Waals surface area contributed by atoms with E-state index in [0.717, 1.165) is 17.5 Å². The number of nitrogens with zero attached hydrogens (tertiary/aromatic N) is 2. The number of carbonyl (C=O) groups is 1. The summed E-state index contributed by atoms with van der Waals surface area (Å²) in [5.41, 5.74) is 2.06. The Kier molecular flexibility index (Phi) is 7.42. The first-order valence-electron chi connectivity index (χ1n) is 10.3. The Morgan fingerprint density at radius 1 is 1.13 bits per heavy atom. The molecule has 0 atom stereocenters. The number of rotatable bonds is 10. The molecule has 0 saturated carbocycles. The van der Waals surface area contributed by atoms with E-state index in [1.165, 1.54) is 24.3 Å². The number of hydrogen-bond donors (Lipinski definition) is 2. The van der Waals surface area contributed by atoms with Gasteiger partial charge in [0.25, 0.3) is 5.91 Å². The first-order chi connectivity index (χ1) is 14.8. The molecule has 0 unspecified atom stereocenters. The smallest absolute Gasteiger partial charge is 0.257 e. The van der Waals surface area contributed by atoms with Gasteiger partial charge in [0.1, 0.15) is 0 Å². The van der Waals surface area contributed by atoms with Crippen LogP contribution in [0.1, 0.15) is 37.6 Å². The molecule has 1 amide bonds. The number of ether oxygens (including phenoxy) is 1. The van der Waals surface area contributed by atoms with Gasteiger partial charge in [-0.25, -0.2) is 18.1 Å². The monoisotopic (exact) mass is 444 g/mol. The fourth-order valence-corrected chi connectivity index (χ4v) is 4.45. The molecule has 3 rings (SSSR count). The Hall–Kier alpha value is -2.75. The normalized spacial score (nSPS) is 11.9. The lowest BCUT2D eigenvalue weighted by atomic mass is 10.2. The summed E-state index contributed by atoms with van der Waals surface area (Å²) in [5.74, 6) is 0.0861. The summed E-state index contributed by atoms with van der Waals surface area (Å²) in [7, 11) is -3.61. The van der Waals surface area contributed by atoms with Crippen LogP contribution in [0.4, 0.5) is 5.95 Å². The summed E-state index contributed by atoms with van der Waals surface area (Å²) in [5, 5.41) is 2.85. The van der Waals surface area contributed by atoms with Crippen LogP contribution in [0.2, 0.25) is 0 Å². The van der Waals surface area contributed by atoms with E-state index in [4.69, 9.17) is 4.74 Å². The van der Waals surface area contributed by atoms with Crippen molar-refractivity contribution in [3.05, 3.63) is 54.1 Å². The van der Waals surface area contributed by atoms with Gasteiger partial charge in [0.2, 0.25) is 16.0 Å². The second-order valence-electron chi connectivity index (χ2n) is 7.38. The summed E-state index contributed by atoms with van der Waals surface area (Å²) in [6, 6.07) is 13.3. The fraction of sp³-hybridized carbons (Fsp3) is 0.364. The zero-order valence-corrected chi connectivity index (χ0v) is 18.8. The molecule has 0 aliphatic heterocycles. The molecular formula is C22H28N4O4S. The van der Waals surface area contributed by atoms with E-state index < -0.39 is 10.0 Å². The van der Waals surface area contributed by atoms with E-state index in [9.17, 15) is 13.2 Å². The van der Waals surface area contributed by atoms with E-state index in [1.54, 1.807) is 13.8 Å². The molecule has 2 aromatic carbocycles. The maximum absolute atomic E-state index is 12.8. The number of aromatic nitrogens is 2. The van der Waals surface area contributed by atoms with Crippen molar-refractivity contribution in [2.24, 2.45) is 0 Å². The van der Waals surface area contributed by atoms with E-state index in [1.807, 2.05) is 35.8 Å². The minimum absolute atomic E-state index is 0.112. The standard InChI is InChI=1S/C22H28N4O4S/c1-4-30-15-7-14-26-20-9-6-5-8-19(20)23-22(26)24-21(27)17-10-12-18(13-11-17)31(28,29)25-16(2)3/h5-6,8-13,16,25H,4,7,14-15H2,1-3H3,(H,23,24,27). The molecule has 9 heteroatoms. The Bertz CT molecular complexity index is 1140. The second-order valence-corrected chi connectivity index (χ2v) is 9.09. The molecular weight excluding hydrogens is 416 g/mol. The second kappa shape index (κ2) is 10.0. The Morgan fingerprint density at radius 2 is 1.84 bits per heavy atom. The van der Waals surface area contributed by atoms with Crippen LogP contribution in [-0.4, -0.2) is 43.1 Å². The van der Waals surface area contributed by atoms with Gasteiger partial charge in [-0.15, -0.1) is 0 Å². The molecule has 0 aliphatic carbocycles. The molecule has 166 valence electrons. The number of nitrogens with one attached hydrogen (secondary N) is 2. The summed E-state index contributed by atoms with van der Waals surface area (Å²) in [6.45, 7) is 7.38. The lowest BCUT2D eigenvalue weighted by molar-refractivity contribution is 0.102. The predicted molar refractivity (Wildman–Crippen MR) is 121 cm³/mol. The van der Waals surface area contributed by atoms with Crippen LogP contribution in [0.5, 0.6) is 0 Å². The molecule has 0 saturated heterocycles. The van der Waals surface area contributed by atoms with E-state index >= 15 is 0 Å². The van der Waals surface area contributed by atoms with Crippen molar-refractivity contribution < 1.29 is 17.9 Å². The van der Waals surface area contributed by atoms with Gasteiger partial charge < -0.3 is 9.30 Å². The summed E-state index contributed by atoms with van der Waals surface area (Å²) >= 11 is 0. The van der Waals surface area contributed by atoms with Crippen molar-refractivity contribution in [2.75, 3.05) is 18.5 Å². The average molecular weight is 445 g/mol. The van der Waals surface area contributed by atoms with Crippen molar-refractivity contribution in [1.82, 2.24) is 14.3 Å². The molecule has 31 heavy (non-hydrogen) atoms. The van der Waals surface area contributed by atoms with Gasteiger partial charge in [-0.1, -0.05) is 12.1 Å². The van der Waals surface area contributed by atoms with Gasteiger partial charge in [0, 0.05) is 31.4 Å². The number of carbonyl (C=O) groups excluding carboxylic acids is 1. The number of amides is 1. The topological polar surface area (TPSA) is 102 Å². The maximum Gasteiger partial charge on any atom is 0.257 e. The van der Waals surface area contributed by atoms with Crippen LogP contribution < -0.4 is 10.0 Å². The van der Waals surface area contributed by atoms with Gasteiger partial charge in [0.05, 0.1) is 15.9 Å². The van der Waals surface area contributed by atoms with Crippen molar-refractivity contribution in [1.29, 1.82) is 0 Å². The largest absolute Gasteiger partial charge is 0.382 e. The highest BCUT2D eigenvalue weighted by Gasteiger charge is 2.18. The van der Waals surface area contributed by atoms with Crippen molar-refractivity contribution in [2.45, 2.75) is 44.7 Å². The zero-order valence-electron chi connectivity index (χ0n) is 18.0. The average Bonchev–Trinajstić information content (AvgIpc) is 3.07. The SMILES string of the molecule is CCOCCCn1c(NC(=O)c2ccc(S(=O)(=O)NC(C)C)cc2)nc2ccccc21. The number of aryl methyl sites for hydroxylation is 1. The summed E-state index contributed by atoms with van der Waals surface area (Å²) in [6.07, 6.45) is 0.784. The highest BCUT2D eigenvalue weighted by molar-refractivity contribution is 7.89. The molecule has 0 aliphatic rings. The number of imidazole rings is 1. The maximum atomic E-state index is 12.8. The van der Waals surface area contributed by atoms with Gasteiger partial charge in [-0.2, -0.15) is 0 Å². The number of sulfonamides is 1. The molecule has 1 heterocycles. The van der Waals surface area contributed by atoms with E-state index in [0.29, 0.717) is 31.3 Å². The van der Waals surface area contributed by atoms with Gasteiger partial charge in [-0.3, -0.25) is 10.1 Å². The van der Waals surface area contributed by atoms with E-state index in [-0.39, 0.29) is 16.8 Å². The van der Waals surface area contributed by atoms with Gasteiger partial charge in [-0.05, 0) is 63.6 Å². The van der Waals surface area contributed by atoms with Crippen LogP contribution in [-0.2, 0) is 21.3 Å². The minimum Gasteiger partial charge on any atom is -0.382 e. The Labute approximate surface area is 182 Å². The molecule has 0 radical (unpaired) electrons. The molecule has 1 aromatic heterocycles. The lowest BCUT2D eigenvalue weighted by Gasteiger charge is -2.11. The number of hydrogen-bond acceptors (Lipinski definition) is 5. The Morgan fingerprint density at radius 3 is 2.52 bits per heavy atom. The van der Waals surface area contributed by atoms with Crippen LogP contribution >= 0.6 is 0 Å². The number of benzene rings is 2. The highest BCUT2D eigenvalue weighted by Crippen LogP contribution is 2.21. The van der Waals surface area contributed by atoms with Crippen molar-refractivity contribution >= 4 is 32.9 Å². The van der Waals surface area contributed by atoms with Gasteiger partial charge in [0.15, 0.2) is 0 Å². The number of anilines is 1. The third-order valence-corrected chi connectivity index (χ3v) is 6.25. The molecule has 0 spiro atoms. The van der Waals surface area contributed by atoms with Crippen LogP contribution in [0.25, 0.3) is 11.0 Å². The van der Waals surface area contributed by atoms with Crippen molar-refractivity contribution in [3.63, 3.8) is 0 Å². The number of fused-ring (bicyclic) bond motifs is 1. The number of para-hydroxylation sites is 2. The van der Waals surface area contributed by atoms with Crippen molar-refractivity contribution in [3.8, 4) is 0 Å². The highest BCUT2D eigenvalue weighted by atomic mass is 32.2.